The van der Waals surface area contributed by atoms with Crippen molar-refractivity contribution in [1.82, 2.24) is 10.3 Å². The van der Waals surface area contributed by atoms with Crippen LogP contribution in [0.1, 0.15) is 12.5 Å². The summed E-state index contributed by atoms with van der Waals surface area (Å²) in [5, 5.41) is 3.01. The van der Waals surface area contributed by atoms with Crippen molar-refractivity contribution < 1.29 is 22.5 Å². The van der Waals surface area contributed by atoms with Crippen LogP contribution in [0.5, 0.6) is 5.75 Å². The maximum atomic E-state index is 11.9. The van der Waals surface area contributed by atoms with Gasteiger partial charge in [0.05, 0.1) is 17.0 Å². The summed E-state index contributed by atoms with van der Waals surface area (Å²) in [4.78, 5) is 16.3. The topological polar surface area (TPSA) is 106 Å². The fourth-order valence-electron chi connectivity index (χ4n) is 2.27. The standard InChI is InChI=1S/C15H14N2O5S2/c1-2-22-12-5-6-16-11-4-3-9(7-10(11)12)8-13-14(18)17-15(23-13)24(19,20)21/h3-8,15H,2H2,1H3,(H,17,18)(H,19,20,21). The molecule has 1 atom stereocenters. The number of carbonyl (C=O) groups excluding carboxylic acids is 1. The van der Waals surface area contributed by atoms with E-state index in [-0.39, 0.29) is 4.91 Å². The summed E-state index contributed by atoms with van der Waals surface area (Å²) in [6, 6.07) is 7.14. The van der Waals surface area contributed by atoms with E-state index in [1.165, 1.54) is 0 Å². The Morgan fingerprint density at radius 2 is 2.21 bits per heavy atom. The zero-order valence-electron chi connectivity index (χ0n) is 12.6. The van der Waals surface area contributed by atoms with Crippen molar-refractivity contribution in [3.05, 3.63) is 40.9 Å². The molecule has 1 aromatic carbocycles. The second-order valence-corrected chi connectivity index (χ2v) is 7.91. The maximum Gasteiger partial charge on any atom is 0.296 e. The number of carbonyl (C=O) groups is 1. The Morgan fingerprint density at radius 1 is 1.42 bits per heavy atom. The van der Waals surface area contributed by atoms with Gasteiger partial charge in [-0.25, -0.2) is 0 Å². The van der Waals surface area contributed by atoms with Crippen molar-refractivity contribution in [1.29, 1.82) is 0 Å². The second kappa shape index (κ2) is 6.42. The first-order valence-electron chi connectivity index (χ1n) is 7.05. The lowest BCUT2D eigenvalue weighted by Crippen LogP contribution is -2.31. The van der Waals surface area contributed by atoms with E-state index in [0.29, 0.717) is 17.9 Å². The fourth-order valence-corrected chi connectivity index (χ4v) is 4.09. The van der Waals surface area contributed by atoms with Gasteiger partial charge in [-0.2, -0.15) is 8.42 Å². The molecule has 1 aliphatic heterocycles. The molecule has 1 unspecified atom stereocenters. The van der Waals surface area contributed by atoms with E-state index < -0.39 is 20.7 Å². The number of aromatic nitrogens is 1. The molecule has 0 spiro atoms. The fraction of sp³-hybridized carbons (Fsp3) is 0.200. The smallest absolute Gasteiger partial charge is 0.296 e. The molecule has 2 N–H and O–H groups in total. The average molecular weight is 366 g/mol. The molecule has 7 nitrogen and oxygen atoms in total. The van der Waals surface area contributed by atoms with Gasteiger partial charge in [-0.05, 0) is 36.8 Å². The molecule has 126 valence electrons. The Balaban J connectivity index is 1.98. The van der Waals surface area contributed by atoms with Gasteiger partial charge in [-0.3, -0.25) is 14.3 Å². The van der Waals surface area contributed by atoms with Crippen LogP contribution >= 0.6 is 11.8 Å². The van der Waals surface area contributed by atoms with Crippen LogP contribution in [0.15, 0.2) is 35.4 Å². The van der Waals surface area contributed by atoms with Gasteiger partial charge < -0.3 is 10.1 Å². The molecule has 2 aromatic rings. The predicted octanol–water partition coefficient (Wildman–Crippen LogP) is 2.01. The molecule has 2 heterocycles. The van der Waals surface area contributed by atoms with E-state index in [0.717, 1.165) is 22.7 Å². The first-order chi connectivity index (χ1) is 11.4. The van der Waals surface area contributed by atoms with Gasteiger partial charge in [-0.1, -0.05) is 17.8 Å². The third-order valence-corrected chi connectivity index (χ3v) is 5.87. The molecule has 24 heavy (non-hydrogen) atoms. The number of pyridine rings is 1. The predicted molar refractivity (Wildman–Crippen MR) is 92.0 cm³/mol. The van der Waals surface area contributed by atoms with E-state index in [2.05, 4.69) is 10.3 Å². The maximum absolute atomic E-state index is 11.9. The van der Waals surface area contributed by atoms with Gasteiger partial charge in [0.2, 0.25) is 4.71 Å². The Hall–Kier alpha value is -2.10. The minimum atomic E-state index is -4.35. The van der Waals surface area contributed by atoms with Gasteiger partial charge in [0, 0.05) is 11.6 Å². The number of nitrogens with one attached hydrogen (secondary N) is 1. The van der Waals surface area contributed by atoms with Crippen LogP contribution in [0.2, 0.25) is 0 Å². The molecule has 3 rings (SSSR count). The Kier molecular flexibility index (Phi) is 4.48. The van der Waals surface area contributed by atoms with E-state index in [4.69, 9.17) is 9.29 Å². The molecule has 1 fully saturated rings. The highest BCUT2D eigenvalue weighted by Crippen LogP contribution is 2.33. The van der Waals surface area contributed by atoms with Crippen molar-refractivity contribution in [2.24, 2.45) is 0 Å². The minimum absolute atomic E-state index is 0.207. The molecular weight excluding hydrogens is 352 g/mol. The first-order valence-corrected chi connectivity index (χ1v) is 9.44. The summed E-state index contributed by atoms with van der Waals surface area (Å²) in [7, 11) is -4.35. The lowest BCUT2D eigenvalue weighted by Gasteiger charge is -2.07. The lowest BCUT2D eigenvalue weighted by atomic mass is 10.1. The zero-order valence-corrected chi connectivity index (χ0v) is 14.2. The second-order valence-electron chi connectivity index (χ2n) is 4.97. The highest BCUT2D eigenvalue weighted by molar-refractivity contribution is 8.15. The number of ether oxygens (including phenoxy) is 1. The summed E-state index contributed by atoms with van der Waals surface area (Å²) >= 11 is 0.756. The molecule has 0 bridgehead atoms. The SMILES string of the molecule is CCOc1ccnc2ccc(C=C3SC(S(=O)(=O)O)NC3=O)cc12. The third kappa shape index (κ3) is 3.37. The van der Waals surface area contributed by atoms with Crippen molar-refractivity contribution in [3.63, 3.8) is 0 Å². The Labute approximate surface area is 142 Å². The molecule has 9 heteroatoms. The molecule has 0 saturated carbocycles. The van der Waals surface area contributed by atoms with Crippen LogP contribution in [-0.4, -0.2) is 35.2 Å². The number of hydrogen-bond acceptors (Lipinski definition) is 6. The van der Waals surface area contributed by atoms with Gasteiger partial charge in [-0.15, -0.1) is 0 Å². The lowest BCUT2D eigenvalue weighted by molar-refractivity contribution is -0.116. The molecule has 1 saturated heterocycles. The number of thioether (sulfide) groups is 1. The summed E-state index contributed by atoms with van der Waals surface area (Å²) in [6.45, 7) is 2.39. The van der Waals surface area contributed by atoms with Crippen molar-refractivity contribution >= 4 is 44.8 Å². The van der Waals surface area contributed by atoms with Crippen LogP contribution in [0.3, 0.4) is 0 Å². The summed E-state index contributed by atoms with van der Waals surface area (Å²) < 4.78 is 35.5. The van der Waals surface area contributed by atoms with Gasteiger partial charge >= 0.3 is 0 Å². The van der Waals surface area contributed by atoms with Gasteiger partial charge in [0.1, 0.15) is 5.75 Å². The van der Waals surface area contributed by atoms with Crippen molar-refractivity contribution in [2.45, 2.75) is 11.6 Å². The first kappa shape index (κ1) is 16.7. The largest absolute Gasteiger partial charge is 0.493 e. The van der Waals surface area contributed by atoms with Crippen molar-refractivity contribution in [2.75, 3.05) is 6.61 Å². The third-order valence-electron chi connectivity index (χ3n) is 3.30. The summed E-state index contributed by atoms with van der Waals surface area (Å²) in [5.41, 5.74) is 1.45. The number of amides is 1. The molecule has 1 aromatic heterocycles. The number of rotatable bonds is 4. The average Bonchev–Trinajstić information content (AvgIpc) is 2.89. The number of hydrogen-bond donors (Lipinski definition) is 2. The van der Waals surface area contributed by atoms with Crippen LogP contribution in [-0.2, 0) is 14.9 Å². The minimum Gasteiger partial charge on any atom is -0.493 e. The number of fused-ring (bicyclic) bond motifs is 1. The normalized spacial score (nSPS) is 19.7. The molecule has 1 aliphatic rings. The summed E-state index contributed by atoms with van der Waals surface area (Å²) in [6.07, 6.45) is 3.22. The molecule has 1 amide bonds. The van der Waals surface area contributed by atoms with E-state index in [1.807, 2.05) is 13.0 Å². The van der Waals surface area contributed by atoms with Crippen LogP contribution < -0.4 is 10.1 Å². The molecule has 0 aliphatic carbocycles. The monoisotopic (exact) mass is 366 g/mol. The molecular formula is C15H14N2O5S2. The van der Waals surface area contributed by atoms with Crippen LogP contribution in [0, 0.1) is 0 Å². The van der Waals surface area contributed by atoms with Crippen LogP contribution in [0.25, 0.3) is 17.0 Å². The number of benzene rings is 1. The van der Waals surface area contributed by atoms with E-state index >= 15 is 0 Å². The van der Waals surface area contributed by atoms with Crippen LogP contribution in [0.4, 0.5) is 0 Å². The van der Waals surface area contributed by atoms with Gasteiger partial charge in [0.25, 0.3) is 16.0 Å². The highest BCUT2D eigenvalue weighted by atomic mass is 32.3. The van der Waals surface area contributed by atoms with E-state index in [9.17, 15) is 13.2 Å². The Bertz CT molecular complexity index is 940. The summed E-state index contributed by atoms with van der Waals surface area (Å²) in [5.74, 6) is 0.140. The van der Waals surface area contributed by atoms with Crippen molar-refractivity contribution in [3.8, 4) is 5.75 Å². The number of nitrogens with zero attached hydrogens (tertiary/aromatic N) is 1. The quantitative estimate of drug-likeness (QED) is 0.630. The highest BCUT2D eigenvalue weighted by Gasteiger charge is 2.35. The molecule has 0 radical (unpaired) electrons. The van der Waals surface area contributed by atoms with E-state index in [1.54, 1.807) is 30.5 Å². The van der Waals surface area contributed by atoms with Gasteiger partial charge in [0.15, 0.2) is 0 Å². The Morgan fingerprint density at radius 3 is 2.88 bits per heavy atom. The zero-order chi connectivity index (χ0) is 17.3.